The van der Waals surface area contributed by atoms with Gasteiger partial charge in [-0.2, -0.15) is 5.10 Å². The molecule has 0 saturated carbocycles. The molecule has 5 nitrogen and oxygen atoms in total. The minimum atomic E-state index is -0.795. The highest BCUT2D eigenvalue weighted by Gasteiger charge is 2.25. The van der Waals surface area contributed by atoms with Crippen molar-refractivity contribution >= 4 is 5.97 Å². The first-order valence-corrected chi connectivity index (χ1v) is 6.04. The number of carbonyl (C=O) groups is 1. The lowest BCUT2D eigenvalue weighted by atomic mass is 10.0. The molecule has 2 heterocycles. The van der Waals surface area contributed by atoms with E-state index in [9.17, 15) is 4.79 Å². The summed E-state index contributed by atoms with van der Waals surface area (Å²) in [7, 11) is 2.09. The normalized spacial score (nSPS) is 23.5. The molecule has 2 atom stereocenters. The standard InChI is InChI=1S/C12H19N3O2/c1-9(12(16)17)11-5-6-13-15(11)10-4-3-7-14(2)8-10/h5-6,9-10H,3-4,7-8H2,1-2H3,(H,16,17). The summed E-state index contributed by atoms with van der Waals surface area (Å²) in [5.74, 6) is -1.29. The van der Waals surface area contributed by atoms with Gasteiger partial charge in [0, 0.05) is 12.7 Å². The highest BCUT2D eigenvalue weighted by atomic mass is 16.4. The number of hydrogen-bond donors (Lipinski definition) is 1. The van der Waals surface area contributed by atoms with Crippen LogP contribution >= 0.6 is 0 Å². The van der Waals surface area contributed by atoms with E-state index in [1.807, 2.05) is 10.7 Å². The molecule has 0 aromatic carbocycles. The van der Waals surface area contributed by atoms with E-state index in [1.165, 1.54) is 0 Å². The Hall–Kier alpha value is -1.36. The lowest BCUT2D eigenvalue weighted by Gasteiger charge is -2.31. The van der Waals surface area contributed by atoms with Crippen LogP contribution in [0.5, 0.6) is 0 Å². The maximum Gasteiger partial charge on any atom is 0.312 e. The van der Waals surface area contributed by atoms with Crippen LogP contribution in [-0.2, 0) is 4.79 Å². The number of likely N-dealkylation sites (tertiary alicyclic amines) is 1. The van der Waals surface area contributed by atoms with Crippen molar-refractivity contribution in [1.29, 1.82) is 0 Å². The first-order valence-electron chi connectivity index (χ1n) is 6.04. The number of likely N-dealkylation sites (N-methyl/N-ethyl adjacent to an activating group) is 1. The molecule has 0 radical (unpaired) electrons. The predicted molar refractivity (Wildman–Crippen MR) is 64.0 cm³/mol. The summed E-state index contributed by atoms with van der Waals surface area (Å²) in [4.78, 5) is 13.3. The summed E-state index contributed by atoms with van der Waals surface area (Å²) >= 11 is 0. The largest absolute Gasteiger partial charge is 0.481 e. The second-order valence-corrected chi connectivity index (χ2v) is 4.82. The Labute approximate surface area is 101 Å². The van der Waals surface area contributed by atoms with Crippen LogP contribution in [0, 0.1) is 0 Å². The van der Waals surface area contributed by atoms with Crippen molar-refractivity contribution in [2.75, 3.05) is 20.1 Å². The van der Waals surface area contributed by atoms with Gasteiger partial charge in [0.25, 0.3) is 0 Å². The molecule has 0 amide bonds. The minimum absolute atomic E-state index is 0.306. The quantitative estimate of drug-likeness (QED) is 0.861. The molecule has 94 valence electrons. The van der Waals surface area contributed by atoms with Gasteiger partial charge in [0.15, 0.2) is 0 Å². The van der Waals surface area contributed by atoms with Crippen LogP contribution in [0.4, 0.5) is 0 Å². The zero-order chi connectivity index (χ0) is 12.4. The van der Waals surface area contributed by atoms with Gasteiger partial charge in [-0.05, 0) is 39.4 Å². The van der Waals surface area contributed by atoms with E-state index >= 15 is 0 Å². The Morgan fingerprint density at radius 1 is 1.65 bits per heavy atom. The third kappa shape index (κ3) is 2.49. The van der Waals surface area contributed by atoms with Gasteiger partial charge in [-0.25, -0.2) is 0 Å². The molecule has 1 aliphatic heterocycles. The van der Waals surface area contributed by atoms with Crippen molar-refractivity contribution in [2.24, 2.45) is 0 Å². The van der Waals surface area contributed by atoms with Gasteiger partial charge < -0.3 is 10.0 Å². The average molecular weight is 237 g/mol. The van der Waals surface area contributed by atoms with Crippen molar-refractivity contribution in [2.45, 2.75) is 31.7 Å². The Balaban J connectivity index is 2.21. The fourth-order valence-electron chi connectivity index (χ4n) is 2.44. The van der Waals surface area contributed by atoms with E-state index in [1.54, 1.807) is 13.1 Å². The van der Waals surface area contributed by atoms with Gasteiger partial charge >= 0.3 is 5.97 Å². The van der Waals surface area contributed by atoms with Crippen molar-refractivity contribution in [3.63, 3.8) is 0 Å². The molecule has 2 unspecified atom stereocenters. The molecule has 1 fully saturated rings. The second-order valence-electron chi connectivity index (χ2n) is 4.82. The minimum Gasteiger partial charge on any atom is -0.481 e. The third-order valence-corrected chi connectivity index (χ3v) is 3.46. The average Bonchev–Trinajstić information content (AvgIpc) is 2.76. The number of carboxylic acid groups (broad SMARTS) is 1. The Bertz CT molecular complexity index is 402. The van der Waals surface area contributed by atoms with Gasteiger partial charge in [-0.3, -0.25) is 9.48 Å². The molecular formula is C12H19N3O2. The molecule has 1 aromatic heterocycles. The van der Waals surface area contributed by atoms with Gasteiger partial charge in [-0.15, -0.1) is 0 Å². The zero-order valence-corrected chi connectivity index (χ0v) is 10.3. The maximum atomic E-state index is 11.0. The number of piperidine rings is 1. The molecule has 2 rings (SSSR count). The molecule has 1 aliphatic rings. The van der Waals surface area contributed by atoms with Crippen LogP contribution in [-0.4, -0.2) is 45.9 Å². The molecular weight excluding hydrogens is 218 g/mol. The fraction of sp³-hybridized carbons (Fsp3) is 0.667. The number of carboxylic acids is 1. The predicted octanol–water partition coefficient (Wildman–Crippen LogP) is 1.34. The number of hydrogen-bond acceptors (Lipinski definition) is 3. The van der Waals surface area contributed by atoms with Crippen LogP contribution in [0.2, 0.25) is 0 Å². The SMILES string of the molecule is CC(C(=O)O)c1ccnn1C1CCCN(C)C1. The van der Waals surface area contributed by atoms with Crippen LogP contribution < -0.4 is 0 Å². The maximum absolute atomic E-state index is 11.0. The van der Waals surface area contributed by atoms with E-state index in [0.717, 1.165) is 31.6 Å². The van der Waals surface area contributed by atoms with Crippen LogP contribution in [0.1, 0.15) is 37.4 Å². The van der Waals surface area contributed by atoms with Gasteiger partial charge in [-0.1, -0.05) is 0 Å². The number of rotatable bonds is 3. The highest BCUT2D eigenvalue weighted by Crippen LogP contribution is 2.25. The Morgan fingerprint density at radius 3 is 3.06 bits per heavy atom. The molecule has 1 N–H and O–H groups in total. The highest BCUT2D eigenvalue weighted by molar-refractivity contribution is 5.74. The van der Waals surface area contributed by atoms with Crippen molar-refractivity contribution in [3.8, 4) is 0 Å². The summed E-state index contributed by atoms with van der Waals surface area (Å²) in [6.07, 6.45) is 3.91. The van der Waals surface area contributed by atoms with E-state index < -0.39 is 11.9 Å². The monoisotopic (exact) mass is 237 g/mol. The van der Waals surface area contributed by atoms with Crippen molar-refractivity contribution in [1.82, 2.24) is 14.7 Å². The topological polar surface area (TPSA) is 58.4 Å². The van der Waals surface area contributed by atoms with Crippen molar-refractivity contribution in [3.05, 3.63) is 18.0 Å². The Kier molecular flexibility index (Phi) is 3.47. The third-order valence-electron chi connectivity index (χ3n) is 3.46. The summed E-state index contributed by atoms with van der Waals surface area (Å²) in [6.45, 7) is 3.77. The summed E-state index contributed by atoms with van der Waals surface area (Å²) in [5.41, 5.74) is 0.804. The molecule has 0 aliphatic carbocycles. The van der Waals surface area contributed by atoms with Crippen LogP contribution in [0.3, 0.4) is 0 Å². The van der Waals surface area contributed by atoms with E-state index in [0.29, 0.717) is 6.04 Å². The molecule has 17 heavy (non-hydrogen) atoms. The van der Waals surface area contributed by atoms with Gasteiger partial charge in [0.05, 0.1) is 17.7 Å². The summed E-state index contributed by atoms with van der Waals surface area (Å²) in [5, 5.41) is 13.4. The number of aliphatic carboxylic acids is 1. The van der Waals surface area contributed by atoms with Crippen molar-refractivity contribution < 1.29 is 9.90 Å². The first-order chi connectivity index (χ1) is 8.09. The van der Waals surface area contributed by atoms with E-state index in [4.69, 9.17) is 5.11 Å². The van der Waals surface area contributed by atoms with Gasteiger partial charge in [0.1, 0.15) is 0 Å². The molecule has 0 bridgehead atoms. The van der Waals surface area contributed by atoms with Crippen LogP contribution in [0.15, 0.2) is 12.3 Å². The first kappa shape index (κ1) is 12.1. The number of nitrogens with zero attached hydrogens (tertiary/aromatic N) is 3. The molecule has 1 aromatic rings. The van der Waals surface area contributed by atoms with E-state index in [-0.39, 0.29) is 0 Å². The fourth-order valence-corrected chi connectivity index (χ4v) is 2.44. The van der Waals surface area contributed by atoms with Gasteiger partial charge in [0.2, 0.25) is 0 Å². The molecule has 5 heteroatoms. The summed E-state index contributed by atoms with van der Waals surface area (Å²) in [6, 6.07) is 2.12. The zero-order valence-electron chi connectivity index (χ0n) is 10.3. The number of aromatic nitrogens is 2. The summed E-state index contributed by atoms with van der Waals surface area (Å²) < 4.78 is 1.90. The van der Waals surface area contributed by atoms with Crippen LogP contribution in [0.25, 0.3) is 0 Å². The lowest BCUT2D eigenvalue weighted by Crippen LogP contribution is -2.35. The van der Waals surface area contributed by atoms with E-state index in [2.05, 4.69) is 17.0 Å². The molecule has 1 saturated heterocycles. The second kappa shape index (κ2) is 4.87. The smallest absolute Gasteiger partial charge is 0.312 e. The molecule has 0 spiro atoms. The lowest BCUT2D eigenvalue weighted by molar-refractivity contribution is -0.138. The Morgan fingerprint density at radius 2 is 2.41 bits per heavy atom.